The first-order valence-electron chi connectivity index (χ1n) is 10.7. The van der Waals surface area contributed by atoms with Gasteiger partial charge in [-0.05, 0) is 37.0 Å². The molecular formula is C22H21N9S. The van der Waals surface area contributed by atoms with Crippen LogP contribution < -0.4 is 10.6 Å². The summed E-state index contributed by atoms with van der Waals surface area (Å²) in [7, 11) is 0. The number of H-pyrrole nitrogens is 1. The van der Waals surface area contributed by atoms with E-state index in [0.29, 0.717) is 24.0 Å². The number of pyridine rings is 1. The number of aromatic amines is 1. The van der Waals surface area contributed by atoms with Crippen molar-refractivity contribution >= 4 is 33.8 Å². The van der Waals surface area contributed by atoms with E-state index in [1.54, 1.807) is 17.5 Å². The number of anilines is 1. The quantitative estimate of drug-likeness (QED) is 0.438. The van der Waals surface area contributed by atoms with Gasteiger partial charge < -0.3 is 10.6 Å². The van der Waals surface area contributed by atoms with Gasteiger partial charge in [0.05, 0.1) is 17.9 Å². The van der Waals surface area contributed by atoms with Crippen LogP contribution in [-0.4, -0.2) is 54.4 Å². The van der Waals surface area contributed by atoms with E-state index in [4.69, 9.17) is 20.7 Å². The first-order valence-corrected chi connectivity index (χ1v) is 11.6. The Kier molecular flexibility index (Phi) is 3.61. The molecule has 2 aliphatic rings. The molecule has 0 unspecified atom stereocenters. The van der Waals surface area contributed by atoms with E-state index >= 15 is 0 Å². The second-order valence-electron chi connectivity index (χ2n) is 8.74. The van der Waals surface area contributed by atoms with E-state index in [0.717, 1.165) is 46.9 Å². The van der Waals surface area contributed by atoms with Crippen molar-refractivity contribution in [2.24, 2.45) is 17.6 Å². The van der Waals surface area contributed by atoms with Crippen LogP contribution >= 0.6 is 11.3 Å². The van der Waals surface area contributed by atoms with Crippen LogP contribution in [0.5, 0.6) is 0 Å². The van der Waals surface area contributed by atoms with Crippen LogP contribution in [-0.2, 0) is 5.41 Å². The molecule has 3 atom stereocenters. The highest BCUT2D eigenvalue weighted by Gasteiger charge is 2.69. The Morgan fingerprint density at radius 1 is 1.25 bits per heavy atom. The summed E-state index contributed by atoms with van der Waals surface area (Å²) in [5, 5.41) is 15.2. The molecule has 0 amide bonds. The summed E-state index contributed by atoms with van der Waals surface area (Å²) in [6, 6.07) is 5.96. The highest BCUT2D eigenvalue weighted by Crippen LogP contribution is 2.63. The fourth-order valence-corrected chi connectivity index (χ4v) is 6.62. The largest absolute Gasteiger partial charge is 0.355 e. The average molecular weight is 444 g/mol. The second-order valence-corrected chi connectivity index (χ2v) is 9.60. The number of nitrogens with two attached hydrogens (primary N) is 1. The maximum absolute atomic E-state index is 6.25. The van der Waals surface area contributed by atoms with Crippen LogP contribution in [0.25, 0.3) is 27.9 Å². The molecule has 1 aliphatic carbocycles. The minimum Gasteiger partial charge on any atom is -0.355 e. The van der Waals surface area contributed by atoms with Crippen LogP contribution in [0.1, 0.15) is 10.7 Å². The number of aromatic nitrogens is 7. The number of rotatable bonds is 4. The van der Waals surface area contributed by atoms with Gasteiger partial charge in [0, 0.05) is 47.9 Å². The average Bonchev–Trinajstić information content (AvgIpc) is 3.45. The van der Waals surface area contributed by atoms with Gasteiger partial charge in [-0.15, -0.1) is 11.3 Å². The molecule has 2 fully saturated rings. The minimum absolute atomic E-state index is 0.0397. The smallest absolute Gasteiger partial charge is 0.177 e. The standard InChI is InChI=1S/C22H21N9S/c1-12-10-32-21(26-12)22(11-23)14-8-30(9-15(14)22)17-7-24-19-18(28-29-20(19)27-17)13-3-2-6-31-16(13)4-5-25-31/h2-7,10,14-15H,8-9,11,23H2,1H3,(H,27,28,29)/t14-,15+,22-. The molecule has 0 spiro atoms. The number of hydrogen-bond acceptors (Lipinski definition) is 8. The molecule has 5 aromatic rings. The molecule has 1 saturated heterocycles. The van der Waals surface area contributed by atoms with Gasteiger partial charge in [0.15, 0.2) is 5.65 Å². The van der Waals surface area contributed by atoms with E-state index in [1.165, 1.54) is 5.01 Å². The zero-order valence-corrected chi connectivity index (χ0v) is 18.3. The number of hydrogen-bond donors (Lipinski definition) is 2. The maximum atomic E-state index is 6.25. The predicted octanol–water partition coefficient (Wildman–Crippen LogP) is 2.40. The summed E-state index contributed by atoms with van der Waals surface area (Å²) in [6.07, 6.45) is 5.56. The third kappa shape index (κ3) is 2.33. The van der Waals surface area contributed by atoms with Gasteiger partial charge in [-0.2, -0.15) is 10.2 Å². The lowest BCUT2D eigenvalue weighted by molar-refractivity contribution is 0.549. The molecule has 32 heavy (non-hydrogen) atoms. The van der Waals surface area contributed by atoms with E-state index in [1.807, 2.05) is 42.0 Å². The van der Waals surface area contributed by atoms with Crippen LogP contribution in [0, 0.1) is 18.8 Å². The van der Waals surface area contributed by atoms with Crippen LogP contribution in [0.4, 0.5) is 5.82 Å². The molecule has 0 radical (unpaired) electrons. The Labute approximate surface area is 187 Å². The molecule has 160 valence electrons. The Bertz CT molecular complexity index is 1470. The molecule has 1 aliphatic heterocycles. The van der Waals surface area contributed by atoms with Crippen molar-refractivity contribution in [3.63, 3.8) is 0 Å². The summed E-state index contributed by atoms with van der Waals surface area (Å²) in [6.45, 7) is 4.55. The van der Waals surface area contributed by atoms with Gasteiger partial charge in [-0.1, -0.05) is 0 Å². The molecule has 6 heterocycles. The first kappa shape index (κ1) is 18.2. The molecule has 9 nitrogen and oxygen atoms in total. The van der Waals surface area contributed by atoms with Crippen molar-refractivity contribution in [2.75, 3.05) is 24.5 Å². The molecule has 1 saturated carbocycles. The Morgan fingerprint density at radius 2 is 2.12 bits per heavy atom. The van der Waals surface area contributed by atoms with E-state index in [-0.39, 0.29) is 5.41 Å². The third-order valence-corrected chi connectivity index (χ3v) is 8.32. The van der Waals surface area contributed by atoms with Gasteiger partial charge in [-0.25, -0.2) is 19.5 Å². The van der Waals surface area contributed by atoms with Gasteiger partial charge in [-0.3, -0.25) is 5.10 Å². The SMILES string of the molecule is Cc1csc([C@]2(CN)[C@@H]3CN(c4cnc5c(-c6cccn7nccc67)n[nH]c5n4)C[C@@H]32)n1. The summed E-state index contributed by atoms with van der Waals surface area (Å²) in [5.41, 5.74) is 11.6. The fourth-order valence-electron chi connectivity index (χ4n) is 5.48. The lowest BCUT2D eigenvalue weighted by Gasteiger charge is -2.25. The highest BCUT2D eigenvalue weighted by molar-refractivity contribution is 7.09. The van der Waals surface area contributed by atoms with Crippen molar-refractivity contribution < 1.29 is 0 Å². The Hall–Kier alpha value is -3.37. The van der Waals surface area contributed by atoms with E-state index < -0.39 is 0 Å². The number of nitrogens with zero attached hydrogens (tertiary/aromatic N) is 7. The number of nitrogens with one attached hydrogen (secondary N) is 1. The lowest BCUT2D eigenvalue weighted by atomic mass is 10.0. The number of aryl methyl sites for hydroxylation is 1. The van der Waals surface area contributed by atoms with Gasteiger partial charge in [0.1, 0.15) is 22.0 Å². The molecule has 10 heteroatoms. The zero-order chi connectivity index (χ0) is 21.4. The fraction of sp³-hybridized carbons (Fsp3) is 0.318. The van der Waals surface area contributed by atoms with Crippen LogP contribution in [0.3, 0.4) is 0 Å². The predicted molar refractivity (Wildman–Crippen MR) is 123 cm³/mol. The van der Waals surface area contributed by atoms with Crippen molar-refractivity contribution in [3.05, 3.63) is 52.9 Å². The van der Waals surface area contributed by atoms with E-state index in [9.17, 15) is 0 Å². The second kappa shape index (κ2) is 6.33. The molecule has 7 rings (SSSR count). The lowest BCUT2D eigenvalue weighted by Crippen LogP contribution is -2.35. The topological polar surface area (TPSA) is 114 Å². The number of piperidine rings is 1. The summed E-state index contributed by atoms with van der Waals surface area (Å²) < 4.78 is 1.84. The number of thiazole rings is 1. The zero-order valence-electron chi connectivity index (χ0n) is 17.4. The molecule has 0 aromatic carbocycles. The van der Waals surface area contributed by atoms with Crippen molar-refractivity contribution in [1.82, 2.24) is 34.8 Å². The Morgan fingerprint density at radius 3 is 2.91 bits per heavy atom. The normalized spacial score (nSPS) is 24.5. The highest BCUT2D eigenvalue weighted by atomic mass is 32.1. The van der Waals surface area contributed by atoms with Gasteiger partial charge in [0.25, 0.3) is 0 Å². The maximum Gasteiger partial charge on any atom is 0.177 e. The molecule has 3 N–H and O–H groups in total. The molecule has 5 aromatic heterocycles. The first-order chi connectivity index (χ1) is 15.7. The van der Waals surface area contributed by atoms with Gasteiger partial charge in [0.2, 0.25) is 0 Å². The minimum atomic E-state index is 0.0397. The molecule has 0 bridgehead atoms. The van der Waals surface area contributed by atoms with Crippen LogP contribution in [0.2, 0.25) is 0 Å². The van der Waals surface area contributed by atoms with Crippen LogP contribution in [0.15, 0.2) is 42.2 Å². The van der Waals surface area contributed by atoms with Crippen molar-refractivity contribution in [1.29, 1.82) is 0 Å². The van der Waals surface area contributed by atoms with E-state index in [2.05, 4.69) is 25.6 Å². The number of fused-ring (bicyclic) bond motifs is 3. The monoisotopic (exact) mass is 443 g/mol. The van der Waals surface area contributed by atoms with Crippen molar-refractivity contribution in [2.45, 2.75) is 12.3 Å². The Balaban J connectivity index is 1.19. The summed E-state index contributed by atoms with van der Waals surface area (Å²) in [4.78, 5) is 16.7. The summed E-state index contributed by atoms with van der Waals surface area (Å²) >= 11 is 1.74. The van der Waals surface area contributed by atoms with Gasteiger partial charge >= 0.3 is 0 Å². The summed E-state index contributed by atoms with van der Waals surface area (Å²) in [5.74, 6) is 1.92. The van der Waals surface area contributed by atoms with Crippen molar-refractivity contribution in [3.8, 4) is 11.3 Å². The molecular weight excluding hydrogens is 422 g/mol. The third-order valence-electron chi connectivity index (χ3n) is 7.16.